The Kier molecular flexibility index (Phi) is 4.43. The molecule has 0 spiro atoms. The van der Waals surface area contributed by atoms with Gasteiger partial charge < -0.3 is 5.73 Å². The summed E-state index contributed by atoms with van der Waals surface area (Å²) in [5, 5.41) is 12.4. The van der Waals surface area contributed by atoms with Crippen molar-refractivity contribution < 1.29 is 4.79 Å². The van der Waals surface area contributed by atoms with E-state index in [4.69, 9.17) is 17.3 Å². The molecule has 26 heavy (non-hydrogen) atoms. The number of aromatic nitrogens is 6. The Morgan fingerprint density at radius 1 is 1.15 bits per heavy atom. The molecule has 3 rings (SSSR count). The predicted octanol–water partition coefficient (Wildman–Crippen LogP) is -0.144. The van der Waals surface area contributed by atoms with Crippen LogP contribution < -0.4 is 17.0 Å². The quantitative estimate of drug-likeness (QED) is 0.627. The maximum Gasteiger partial charge on any atom is 0.332 e. The number of carbonyl (C=O) groups excluding carboxylic acids is 1. The lowest BCUT2D eigenvalue weighted by Gasteiger charge is -2.10. The lowest BCUT2D eigenvalue weighted by molar-refractivity contribution is 0.0959. The molecule has 0 atom stereocenters. The Labute approximate surface area is 151 Å². The van der Waals surface area contributed by atoms with E-state index in [0.29, 0.717) is 16.4 Å². The van der Waals surface area contributed by atoms with Crippen molar-refractivity contribution in [3.63, 3.8) is 0 Å². The second-order valence-corrected chi connectivity index (χ2v) is 5.98. The predicted molar refractivity (Wildman–Crippen MR) is 93.9 cm³/mol. The zero-order valence-electron chi connectivity index (χ0n) is 13.9. The molecule has 2 aromatic heterocycles. The number of nitrogens with zero attached hydrogens (tertiary/aromatic N) is 6. The molecule has 0 saturated carbocycles. The fourth-order valence-corrected chi connectivity index (χ4v) is 2.48. The highest BCUT2D eigenvalue weighted by molar-refractivity contribution is 6.30. The molecular weight excluding hydrogens is 362 g/mol. The van der Waals surface area contributed by atoms with Gasteiger partial charge in [-0.2, -0.15) is 4.80 Å². The lowest BCUT2D eigenvalue weighted by Crippen LogP contribution is -2.42. The molecule has 134 valence electrons. The number of hydrogen-bond donors (Lipinski definition) is 1. The van der Waals surface area contributed by atoms with Crippen molar-refractivity contribution in [3.8, 4) is 11.4 Å². The van der Waals surface area contributed by atoms with Crippen LogP contribution in [0.5, 0.6) is 0 Å². The second-order valence-electron chi connectivity index (χ2n) is 5.54. The van der Waals surface area contributed by atoms with Gasteiger partial charge >= 0.3 is 5.69 Å². The highest BCUT2D eigenvalue weighted by Crippen LogP contribution is 2.17. The number of rotatable bonds is 4. The minimum Gasteiger partial charge on any atom is -0.384 e. The number of benzene rings is 1. The van der Waals surface area contributed by atoms with E-state index in [2.05, 4.69) is 15.4 Å². The average molecular weight is 376 g/mol. The van der Waals surface area contributed by atoms with Gasteiger partial charge in [-0.3, -0.25) is 18.7 Å². The van der Waals surface area contributed by atoms with E-state index in [0.717, 1.165) is 13.9 Å². The maximum absolute atomic E-state index is 12.5. The van der Waals surface area contributed by atoms with E-state index in [1.165, 1.54) is 14.1 Å². The molecule has 2 N–H and O–H groups in total. The molecule has 0 fully saturated rings. The molecule has 1 aromatic carbocycles. The number of nitrogens with two attached hydrogens (primary N) is 1. The molecular formula is C15H14ClN7O3. The van der Waals surface area contributed by atoms with Crippen LogP contribution in [0.3, 0.4) is 0 Å². The topological polar surface area (TPSA) is 131 Å². The van der Waals surface area contributed by atoms with Crippen molar-refractivity contribution in [2.75, 3.05) is 5.73 Å². The summed E-state index contributed by atoms with van der Waals surface area (Å²) in [5.74, 6) is -0.532. The largest absolute Gasteiger partial charge is 0.384 e. The molecule has 0 aliphatic rings. The van der Waals surface area contributed by atoms with Crippen molar-refractivity contribution in [2.45, 2.75) is 6.54 Å². The lowest BCUT2D eigenvalue weighted by atomic mass is 10.2. The fourth-order valence-electron chi connectivity index (χ4n) is 2.35. The van der Waals surface area contributed by atoms with Gasteiger partial charge in [-0.1, -0.05) is 11.6 Å². The SMILES string of the molecule is Cn1c(N)c(C(=O)Cn2nnc(-c3ccc(Cl)cc3)n2)c(=O)n(C)c1=O. The van der Waals surface area contributed by atoms with E-state index >= 15 is 0 Å². The van der Waals surface area contributed by atoms with Crippen molar-refractivity contribution in [3.05, 3.63) is 55.7 Å². The van der Waals surface area contributed by atoms with Crippen molar-refractivity contribution in [1.82, 2.24) is 29.3 Å². The number of ketones is 1. The summed E-state index contributed by atoms with van der Waals surface area (Å²) in [6, 6.07) is 6.79. The summed E-state index contributed by atoms with van der Waals surface area (Å²) in [6.07, 6.45) is 0. The van der Waals surface area contributed by atoms with Crippen molar-refractivity contribution in [1.29, 1.82) is 0 Å². The zero-order chi connectivity index (χ0) is 19.0. The first kappa shape index (κ1) is 17.5. The molecule has 0 aliphatic heterocycles. The van der Waals surface area contributed by atoms with Gasteiger partial charge in [0, 0.05) is 24.7 Å². The smallest absolute Gasteiger partial charge is 0.332 e. The molecule has 11 heteroatoms. The summed E-state index contributed by atoms with van der Waals surface area (Å²) in [5.41, 5.74) is 4.76. The second kappa shape index (κ2) is 6.56. The van der Waals surface area contributed by atoms with Crippen LogP contribution in [0, 0.1) is 0 Å². The van der Waals surface area contributed by atoms with Gasteiger partial charge in [0.2, 0.25) is 5.82 Å². The van der Waals surface area contributed by atoms with Gasteiger partial charge in [-0.15, -0.1) is 10.2 Å². The Balaban J connectivity index is 1.92. The third-order valence-electron chi connectivity index (χ3n) is 3.83. The molecule has 0 unspecified atom stereocenters. The van der Waals surface area contributed by atoms with Gasteiger partial charge in [0.25, 0.3) is 5.56 Å². The van der Waals surface area contributed by atoms with Gasteiger partial charge in [-0.05, 0) is 29.5 Å². The number of Topliss-reactive ketones (excluding diaryl/α,β-unsaturated/α-hetero) is 1. The minimum absolute atomic E-state index is 0.207. The van der Waals surface area contributed by atoms with Gasteiger partial charge in [0.1, 0.15) is 17.9 Å². The van der Waals surface area contributed by atoms with Gasteiger partial charge in [-0.25, -0.2) is 4.79 Å². The van der Waals surface area contributed by atoms with Crippen molar-refractivity contribution >= 4 is 23.2 Å². The normalized spacial score (nSPS) is 10.9. The zero-order valence-corrected chi connectivity index (χ0v) is 14.6. The van der Waals surface area contributed by atoms with Gasteiger partial charge in [0.05, 0.1) is 0 Å². The number of halogens is 1. The van der Waals surface area contributed by atoms with Crippen LogP contribution in [0.1, 0.15) is 10.4 Å². The van der Waals surface area contributed by atoms with Crippen LogP contribution >= 0.6 is 11.6 Å². The Hall–Kier alpha value is -3.27. The third-order valence-corrected chi connectivity index (χ3v) is 4.08. The molecule has 0 aliphatic carbocycles. The number of carbonyl (C=O) groups is 1. The van der Waals surface area contributed by atoms with Crippen LogP contribution in [-0.2, 0) is 20.6 Å². The van der Waals surface area contributed by atoms with Crippen LogP contribution in [0.4, 0.5) is 5.82 Å². The summed E-state index contributed by atoms with van der Waals surface area (Å²) in [7, 11) is 2.65. The summed E-state index contributed by atoms with van der Waals surface area (Å²) in [6.45, 7) is -0.349. The summed E-state index contributed by atoms with van der Waals surface area (Å²) < 4.78 is 1.85. The third kappa shape index (κ3) is 3.02. The van der Waals surface area contributed by atoms with Crippen LogP contribution in [0.15, 0.2) is 33.9 Å². The molecule has 0 bridgehead atoms. The highest BCUT2D eigenvalue weighted by atomic mass is 35.5. The number of tetrazole rings is 1. The molecule has 0 saturated heterocycles. The first-order valence-corrected chi connectivity index (χ1v) is 7.80. The Morgan fingerprint density at radius 3 is 2.46 bits per heavy atom. The first-order chi connectivity index (χ1) is 12.3. The molecule has 3 aromatic rings. The monoisotopic (exact) mass is 375 g/mol. The van der Waals surface area contributed by atoms with E-state index in [9.17, 15) is 14.4 Å². The first-order valence-electron chi connectivity index (χ1n) is 7.42. The number of nitrogen functional groups attached to an aromatic ring is 1. The molecule has 0 amide bonds. The molecule has 2 heterocycles. The van der Waals surface area contributed by atoms with Crippen LogP contribution in [-0.4, -0.2) is 35.1 Å². The highest BCUT2D eigenvalue weighted by Gasteiger charge is 2.21. The minimum atomic E-state index is -0.770. The van der Waals surface area contributed by atoms with E-state index in [1.807, 2.05) is 0 Å². The van der Waals surface area contributed by atoms with Gasteiger partial charge in [0.15, 0.2) is 5.78 Å². The van der Waals surface area contributed by atoms with Crippen molar-refractivity contribution in [2.24, 2.45) is 14.1 Å². The average Bonchev–Trinajstić information content (AvgIpc) is 3.07. The van der Waals surface area contributed by atoms with E-state index in [-0.39, 0.29) is 17.9 Å². The molecule has 0 radical (unpaired) electrons. The Bertz CT molecular complexity index is 1110. The van der Waals surface area contributed by atoms with E-state index in [1.54, 1.807) is 24.3 Å². The number of anilines is 1. The summed E-state index contributed by atoms with van der Waals surface area (Å²) in [4.78, 5) is 37.6. The Morgan fingerprint density at radius 2 is 1.81 bits per heavy atom. The summed E-state index contributed by atoms with van der Waals surface area (Å²) >= 11 is 5.83. The van der Waals surface area contributed by atoms with Crippen LogP contribution in [0.2, 0.25) is 5.02 Å². The molecule has 10 nitrogen and oxygen atoms in total. The number of hydrogen-bond acceptors (Lipinski definition) is 7. The van der Waals surface area contributed by atoms with E-state index < -0.39 is 17.0 Å². The van der Waals surface area contributed by atoms with Crippen LogP contribution in [0.25, 0.3) is 11.4 Å². The standard InChI is InChI=1S/C15H14ClN7O3/c1-21-12(17)11(14(25)22(2)15(21)26)10(24)7-23-19-13(18-20-23)8-3-5-9(16)6-4-8/h3-6H,7,17H2,1-2H3. The fraction of sp³-hybridized carbons (Fsp3) is 0.200. The maximum atomic E-state index is 12.5.